The van der Waals surface area contributed by atoms with E-state index in [4.69, 9.17) is 0 Å². The summed E-state index contributed by atoms with van der Waals surface area (Å²) in [5, 5.41) is 33.9. The molecule has 3 heteroatoms. The van der Waals surface area contributed by atoms with E-state index in [9.17, 15) is 15.3 Å². The number of fused-ring (bicyclic) bond motifs is 10. The summed E-state index contributed by atoms with van der Waals surface area (Å²) in [6.45, 7) is 10.7. The minimum Gasteiger partial charge on any atom is -0.508 e. The molecule has 3 N–H and O–H groups in total. The van der Waals surface area contributed by atoms with Gasteiger partial charge in [-0.15, -0.1) is 0 Å². The van der Waals surface area contributed by atoms with Crippen LogP contribution < -0.4 is 0 Å². The molecule has 0 aliphatic heterocycles. The fraction of sp³-hybridized carbons (Fsp3) is 0.581. The fourth-order valence-corrected chi connectivity index (χ4v) is 13.5. The van der Waals surface area contributed by atoms with Gasteiger partial charge in [-0.2, -0.15) is 0 Å². The van der Waals surface area contributed by atoms with E-state index < -0.39 is 0 Å². The molecule has 6 aliphatic carbocycles. The van der Waals surface area contributed by atoms with Gasteiger partial charge in [0.25, 0.3) is 0 Å². The van der Waals surface area contributed by atoms with Crippen molar-refractivity contribution in [2.45, 2.75) is 110 Å². The molecule has 6 saturated carbocycles. The van der Waals surface area contributed by atoms with E-state index in [1.54, 1.807) is 0 Å². The highest BCUT2D eigenvalue weighted by atomic mass is 16.3. The van der Waals surface area contributed by atoms with Crippen molar-refractivity contribution in [3.63, 3.8) is 0 Å². The summed E-state index contributed by atoms with van der Waals surface area (Å²) in [4.78, 5) is 0. The monoisotopic (exact) mass is 616 g/mol. The standard InChI is InChI=1S/C43H52O3/c1-20-8-24(5)42(45)38(10-20)29-7-6-28-25-14-36(37(18-25)41(28)29)39-11-21(2)9-32(43(39)46)27-13-31-26-15-33(35(16-26)34(31)17-27)30-19-40(44)23(4)12-22(30)3/h8-12,19,25-29,31,33-37,41,44-46H,6-7,13-18H2,1-5H3. The molecule has 0 aromatic heterocycles. The maximum atomic E-state index is 12.2. The minimum atomic E-state index is 0.428. The summed E-state index contributed by atoms with van der Waals surface area (Å²) >= 11 is 0. The first-order valence-electron chi connectivity index (χ1n) is 18.5. The molecule has 9 rings (SSSR count). The number of rotatable bonds is 4. The van der Waals surface area contributed by atoms with Crippen molar-refractivity contribution in [3.8, 4) is 17.2 Å². The molecule has 6 fully saturated rings. The van der Waals surface area contributed by atoms with Gasteiger partial charge in [0.15, 0.2) is 0 Å². The Balaban J connectivity index is 0.993. The van der Waals surface area contributed by atoms with Crippen LogP contribution in [0.3, 0.4) is 0 Å². The van der Waals surface area contributed by atoms with E-state index in [0.29, 0.717) is 58.7 Å². The summed E-state index contributed by atoms with van der Waals surface area (Å²) in [6.07, 6.45) is 10.0. The molecule has 3 aromatic rings. The maximum Gasteiger partial charge on any atom is 0.122 e. The molecular formula is C43H52O3. The third kappa shape index (κ3) is 4.15. The molecule has 3 aromatic carbocycles. The Morgan fingerprint density at radius 3 is 1.87 bits per heavy atom. The van der Waals surface area contributed by atoms with Gasteiger partial charge in [0.1, 0.15) is 17.2 Å². The second-order valence-electron chi connectivity index (χ2n) is 17.2. The molecule has 0 radical (unpaired) electrons. The first-order chi connectivity index (χ1) is 22.1. The molecule has 242 valence electrons. The Labute approximate surface area is 275 Å². The number of phenolic OH excluding ortho intramolecular Hbond substituents is 3. The molecule has 4 bridgehead atoms. The largest absolute Gasteiger partial charge is 0.508 e. The second-order valence-corrected chi connectivity index (χ2v) is 17.2. The number of phenols is 3. The lowest BCUT2D eigenvalue weighted by Crippen LogP contribution is -2.27. The van der Waals surface area contributed by atoms with Gasteiger partial charge in [0.05, 0.1) is 0 Å². The van der Waals surface area contributed by atoms with Crippen LogP contribution in [-0.2, 0) is 0 Å². The van der Waals surface area contributed by atoms with Crippen molar-refractivity contribution in [1.29, 1.82) is 0 Å². The van der Waals surface area contributed by atoms with Gasteiger partial charge in [0, 0.05) is 0 Å². The van der Waals surface area contributed by atoms with Gasteiger partial charge < -0.3 is 15.3 Å². The zero-order valence-electron chi connectivity index (χ0n) is 28.4. The third-order valence-corrected chi connectivity index (χ3v) is 15.0. The molecule has 46 heavy (non-hydrogen) atoms. The Kier molecular flexibility index (Phi) is 6.53. The van der Waals surface area contributed by atoms with Crippen LogP contribution in [0.5, 0.6) is 17.2 Å². The van der Waals surface area contributed by atoms with E-state index in [0.717, 1.165) is 40.7 Å². The van der Waals surface area contributed by atoms with Gasteiger partial charge >= 0.3 is 0 Å². The average Bonchev–Trinajstić information content (AvgIpc) is 3.84. The van der Waals surface area contributed by atoms with Crippen LogP contribution in [0, 0.1) is 82.0 Å². The fourth-order valence-electron chi connectivity index (χ4n) is 13.5. The normalized spacial score (nSPS) is 38.5. The Morgan fingerprint density at radius 1 is 0.457 bits per heavy atom. The van der Waals surface area contributed by atoms with Gasteiger partial charge in [-0.1, -0.05) is 41.5 Å². The smallest absolute Gasteiger partial charge is 0.122 e. The Bertz CT molecular complexity index is 1740. The summed E-state index contributed by atoms with van der Waals surface area (Å²) < 4.78 is 0. The highest BCUT2D eigenvalue weighted by Gasteiger charge is 2.59. The van der Waals surface area contributed by atoms with E-state index in [-0.39, 0.29) is 0 Å². The summed E-state index contributed by atoms with van der Waals surface area (Å²) in [6, 6.07) is 13.3. The molecule has 6 aliphatic rings. The van der Waals surface area contributed by atoms with E-state index in [1.165, 1.54) is 90.3 Å². The summed E-state index contributed by atoms with van der Waals surface area (Å²) in [5.41, 5.74) is 10.9. The van der Waals surface area contributed by atoms with E-state index in [1.807, 2.05) is 13.8 Å². The van der Waals surface area contributed by atoms with Crippen LogP contribution in [0.15, 0.2) is 36.4 Å². The molecule has 3 nitrogen and oxygen atoms in total. The van der Waals surface area contributed by atoms with Gasteiger partial charge in [-0.3, -0.25) is 0 Å². The lowest BCUT2D eigenvalue weighted by Gasteiger charge is -2.36. The maximum absolute atomic E-state index is 12.2. The highest BCUT2D eigenvalue weighted by Crippen LogP contribution is 2.70. The summed E-state index contributed by atoms with van der Waals surface area (Å²) in [7, 11) is 0. The highest BCUT2D eigenvalue weighted by molar-refractivity contribution is 5.50. The first kappa shape index (κ1) is 29.2. The van der Waals surface area contributed by atoms with Gasteiger partial charge in [-0.05, 0) is 202 Å². The zero-order valence-corrected chi connectivity index (χ0v) is 28.4. The topological polar surface area (TPSA) is 60.7 Å². The lowest BCUT2D eigenvalue weighted by atomic mass is 9.68. The molecule has 12 unspecified atom stereocenters. The van der Waals surface area contributed by atoms with Crippen molar-refractivity contribution in [3.05, 3.63) is 86.5 Å². The molecule has 0 saturated heterocycles. The van der Waals surface area contributed by atoms with Crippen LogP contribution in [0.2, 0.25) is 0 Å². The lowest BCUT2D eigenvalue weighted by molar-refractivity contribution is 0.213. The van der Waals surface area contributed by atoms with Gasteiger partial charge in [-0.25, -0.2) is 0 Å². The van der Waals surface area contributed by atoms with Crippen molar-refractivity contribution >= 4 is 0 Å². The van der Waals surface area contributed by atoms with Gasteiger partial charge in [0.2, 0.25) is 0 Å². The third-order valence-electron chi connectivity index (χ3n) is 15.0. The van der Waals surface area contributed by atoms with Crippen LogP contribution in [0.1, 0.15) is 125 Å². The van der Waals surface area contributed by atoms with E-state index >= 15 is 0 Å². The first-order valence-corrected chi connectivity index (χ1v) is 18.5. The molecular weight excluding hydrogens is 564 g/mol. The van der Waals surface area contributed by atoms with Crippen LogP contribution in [-0.4, -0.2) is 15.3 Å². The zero-order chi connectivity index (χ0) is 31.8. The average molecular weight is 617 g/mol. The number of aromatic hydroxyl groups is 3. The summed E-state index contributed by atoms with van der Waals surface area (Å²) in [5.74, 6) is 9.20. The molecule has 0 spiro atoms. The quantitative estimate of drug-likeness (QED) is 0.273. The molecule has 0 heterocycles. The SMILES string of the molecule is Cc1cc(C2CC3C4CC(c5cc(O)c(C)cc5C)C(C4)C3C2)c(O)c(C2CC3CC2C2C(c4cc(C)cc(C)c4O)CCC32)c1. The van der Waals surface area contributed by atoms with Crippen LogP contribution >= 0.6 is 0 Å². The van der Waals surface area contributed by atoms with Crippen molar-refractivity contribution < 1.29 is 15.3 Å². The number of hydrogen-bond donors (Lipinski definition) is 3. The Hall–Kier alpha value is -2.94. The predicted molar refractivity (Wildman–Crippen MR) is 184 cm³/mol. The predicted octanol–water partition coefficient (Wildman–Crippen LogP) is 10.2. The van der Waals surface area contributed by atoms with Crippen LogP contribution in [0.25, 0.3) is 0 Å². The second kappa shape index (κ2) is 10.3. The minimum absolute atomic E-state index is 0.428. The molecule has 0 amide bonds. The molecule has 12 atom stereocenters. The van der Waals surface area contributed by atoms with Crippen molar-refractivity contribution in [1.82, 2.24) is 0 Å². The van der Waals surface area contributed by atoms with E-state index in [2.05, 4.69) is 57.2 Å². The number of benzene rings is 3. The van der Waals surface area contributed by atoms with Crippen molar-refractivity contribution in [2.24, 2.45) is 47.3 Å². The number of aryl methyl sites for hydroxylation is 5. The van der Waals surface area contributed by atoms with Crippen LogP contribution in [0.4, 0.5) is 0 Å². The Morgan fingerprint density at radius 2 is 1.09 bits per heavy atom. The van der Waals surface area contributed by atoms with Crippen molar-refractivity contribution in [2.75, 3.05) is 0 Å². The number of hydrogen-bond acceptors (Lipinski definition) is 3.